The van der Waals surface area contributed by atoms with E-state index in [9.17, 15) is 0 Å². The van der Waals surface area contributed by atoms with Crippen molar-refractivity contribution < 1.29 is 0 Å². The summed E-state index contributed by atoms with van der Waals surface area (Å²) in [7, 11) is 0. The fraction of sp³-hybridized carbons (Fsp3) is 0.222. The van der Waals surface area contributed by atoms with Gasteiger partial charge >= 0.3 is 0 Å². The van der Waals surface area contributed by atoms with Gasteiger partial charge in [0, 0.05) is 6.54 Å². The average molecular weight is 310 g/mol. The first-order valence-corrected chi connectivity index (χ1v) is 7.92. The number of hydrogen-bond acceptors (Lipinski definition) is 3. The molecular formula is C18H16ClN3. The van der Waals surface area contributed by atoms with E-state index in [-0.39, 0.29) is 0 Å². The highest BCUT2D eigenvalue weighted by Gasteiger charge is 2.29. The van der Waals surface area contributed by atoms with Crippen molar-refractivity contribution >= 4 is 28.2 Å². The summed E-state index contributed by atoms with van der Waals surface area (Å²) in [5.41, 5.74) is 1.35. The highest BCUT2D eigenvalue weighted by molar-refractivity contribution is 6.32. The Morgan fingerprint density at radius 1 is 1.09 bits per heavy atom. The number of nitrogens with zero attached hydrogens (tertiary/aromatic N) is 3. The number of halogens is 1. The molecule has 4 rings (SSSR count). The Balaban J connectivity index is 1.82. The van der Waals surface area contributed by atoms with Gasteiger partial charge in [-0.3, -0.25) is 0 Å². The molecule has 0 spiro atoms. The van der Waals surface area contributed by atoms with Crippen LogP contribution in [0.2, 0.25) is 5.02 Å². The van der Waals surface area contributed by atoms with Crippen molar-refractivity contribution in [2.24, 2.45) is 0 Å². The molecule has 1 aromatic heterocycles. The Kier molecular flexibility index (Phi) is 3.43. The fourth-order valence-corrected chi connectivity index (χ4v) is 3.62. The predicted octanol–water partition coefficient (Wildman–Crippen LogP) is 4.62. The summed E-state index contributed by atoms with van der Waals surface area (Å²) in [6, 6.07) is 15.4. The van der Waals surface area contributed by atoms with Gasteiger partial charge in [0.05, 0.1) is 12.2 Å². The molecule has 4 heteroatoms. The Bertz CT molecular complexity index is 813. The van der Waals surface area contributed by atoms with Gasteiger partial charge in [0.25, 0.3) is 0 Å². The second kappa shape index (κ2) is 5.58. The van der Waals surface area contributed by atoms with Crippen molar-refractivity contribution in [2.45, 2.75) is 18.9 Å². The SMILES string of the molecule is Clc1cncnc1N1CCCC1c1cccc2ccccc12. The van der Waals surface area contributed by atoms with Gasteiger partial charge in [-0.05, 0) is 29.2 Å². The van der Waals surface area contributed by atoms with Gasteiger partial charge < -0.3 is 4.90 Å². The topological polar surface area (TPSA) is 29.0 Å². The summed E-state index contributed by atoms with van der Waals surface area (Å²) in [4.78, 5) is 10.7. The van der Waals surface area contributed by atoms with Crippen LogP contribution in [0.5, 0.6) is 0 Å². The molecule has 0 aliphatic carbocycles. The van der Waals surface area contributed by atoms with E-state index in [1.165, 1.54) is 16.3 Å². The molecule has 2 heterocycles. The smallest absolute Gasteiger partial charge is 0.151 e. The van der Waals surface area contributed by atoms with Crippen LogP contribution in [0, 0.1) is 0 Å². The average Bonchev–Trinajstić information content (AvgIpc) is 3.04. The highest BCUT2D eigenvalue weighted by Crippen LogP contribution is 2.40. The zero-order valence-electron chi connectivity index (χ0n) is 12.1. The quantitative estimate of drug-likeness (QED) is 0.691. The van der Waals surface area contributed by atoms with Crippen LogP contribution in [0.1, 0.15) is 24.4 Å². The van der Waals surface area contributed by atoms with E-state index >= 15 is 0 Å². The molecule has 1 saturated heterocycles. The molecule has 1 fully saturated rings. The van der Waals surface area contributed by atoms with E-state index in [0.29, 0.717) is 11.1 Å². The van der Waals surface area contributed by atoms with E-state index in [4.69, 9.17) is 11.6 Å². The van der Waals surface area contributed by atoms with Crippen molar-refractivity contribution in [1.82, 2.24) is 9.97 Å². The number of anilines is 1. The molecule has 3 aromatic rings. The van der Waals surface area contributed by atoms with E-state index in [1.54, 1.807) is 12.5 Å². The van der Waals surface area contributed by atoms with Crippen molar-refractivity contribution in [3.05, 3.63) is 65.6 Å². The Labute approximate surface area is 134 Å². The van der Waals surface area contributed by atoms with Gasteiger partial charge in [-0.15, -0.1) is 0 Å². The third-order valence-electron chi connectivity index (χ3n) is 4.36. The van der Waals surface area contributed by atoms with Crippen LogP contribution in [-0.2, 0) is 0 Å². The van der Waals surface area contributed by atoms with Crippen LogP contribution in [0.3, 0.4) is 0 Å². The summed E-state index contributed by atoms with van der Waals surface area (Å²) >= 11 is 6.31. The normalized spacial score (nSPS) is 18.0. The number of aromatic nitrogens is 2. The van der Waals surface area contributed by atoms with Gasteiger partial charge in [0.2, 0.25) is 0 Å². The number of benzene rings is 2. The minimum Gasteiger partial charge on any atom is -0.348 e. The second-order valence-electron chi connectivity index (χ2n) is 5.61. The minimum atomic E-state index is 0.318. The zero-order chi connectivity index (χ0) is 14.9. The predicted molar refractivity (Wildman–Crippen MR) is 90.3 cm³/mol. The maximum Gasteiger partial charge on any atom is 0.151 e. The van der Waals surface area contributed by atoms with Gasteiger partial charge in [0.15, 0.2) is 5.82 Å². The van der Waals surface area contributed by atoms with E-state index in [0.717, 1.165) is 25.2 Å². The molecule has 1 aliphatic heterocycles. The molecule has 110 valence electrons. The molecule has 3 nitrogen and oxygen atoms in total. The molecule has 1 atom stereocenters. The van der Waals surface area contributed by atoms with Crippen LogP contribution in [0.4, 0.5) is 5.82 Å². The molecule has 1 aliphatic rings. The van der Waals surface area contributed by atoms with Crippen LogP contribution >= 0.6 is 11.6 Å². The maximum absolute atomic E-state index is 6.31. The molecule has 1 unspecified atom stereocenters. The third-order valence-corrected chi connectivity index (χ3v) is 4.62. The molecule has 0 amide bonds. The van der Waals surface area contributed by atoms with Crippen molar-refractivity contribution in [3.63, 3.8) is 0 Å². The first-order chi connectivity index (χ1) is 10.8. The molecule has 2 aromatic carbocycles. The van der Waals surface area contributed by atoms with Crippen molar-refractivity contribution in [2.75, 3.05) is 11.4 Å². The monoisotopic (exact) mass is 309 g/mol. The first kappa shape index (κ1) is 13.5. The van der Waals surface area contributed by atoms with Crippen LogP contribution in [-0.4, -0.2) is 16.5 Å². The Hall–Kier alpha value is -2.13. The lowest BCUT2D eigenvalue weighted by molar-refractivity contribution is 0.716. The molecule has 0 bridgehead atoms. The summed E-state index contributed by atoms with van der Waals surface area (Å²) in [6.07, 6.45) is 5.50. The first-order valence-electron chi connectivity index (χ1n) is 7.54. The standard InChI is InChI=1S/C18H16ClN3/c19-16-11-20-12-21-18(16)22-10-4-9-17(22)15-8-3-6-13-5-1-2-7-14(13)15/h1-3,5-8,11-12,17H,4,9-10H2. The molecule has 0 saturated carbocycles. The maximum atomic E-state index is 6.31. The summed E-state index contributed by atoms with van der Waals surface area (Å²) in [5.74, 6) is 0.840. The van der Waals surface area contributed by atoms with Gasteiger partial charge in [-0.1, -0.05) is 54.1 Å². The summed E-state index contributed by atoms with van der Waals surface area (Å²) < 4.78 is 0. The van der Waals surface area contributed by atoms with Crippen LogP contribution in [0.25, 0.3) is 10.8 Å². The van der Waals surface area contributed by atoms with Crippen molar-refractivity contribution in [3.8, 4) is 0 Å². The fourth-order valence-electron chi connectivity index (χ4n) is 3.40. The summed E-state index contributed by atoms with van der Waals surface area (Å²) in [5, 5.41) is 3.21. The van der Waals surface area contributed by atoms with E-state index < -0.39 is 0 Å². The van der Waals surface area contributed by atoms with E-state index in [1.807, 2.05) is 0 Å². The highest BCUT2D eigenvalue weighted by atomic mass is 35.5. The van der Waals surface area contributed by atoms with Gasteiger partial charge in [-0.25, -0.2) is 9.97 Å². The third kappa shape index (κ3) is 2.22. The van der Waals surface area contributed by atoms with Crippen LogP contribution in [0.15, 0.2) is 55.0 Å². The Morgan fingerprint density at radius 2 is 1.95 bits per heavy atom. The lowest BCUT2D eigenvalue weighted by Crippen LogP contribution is -2.24. The number of hydrogen-bond donors (Lipinski definition) is 0. The lowest BCUT2D eigenvalue weighted by atomic mass is 9.97. The lowest BCUT2D eigenvalue weighted by Gasteiger charge is -2.27. The number of fused-ring (bicyclic) bond motifs is 1. The second-order valence-corrected chi connectivity index (χ2v) is 6.02. The molecule has 22 heavy (non-hydrogen) atoms. The van der Waals surface area contributed by atoms with Gasteiger partial charge in [-0.2, -0.15) is 0 Å². The van der Waals surface area contributed by atoms with E-state index in [2.05, 4.69) is 57.3 Å². The van der Waals surface area contributed by atoms with Crippen LogP contribution < -0.4 is 4.90 Å². The molecular weight excluding hydrogens is 294 g/mol. The minimum absolute atomic E-state index is 0.318. The zero-order valence-corrected chi connectivity index (χ0v) is 12.9. The van der Waals surface area contributed by atoms with Crippen molar-refractivity contribution in [1.29, 1.82) is 0 Å². The molecule has 0 N–H and O–H groups in total. The largest absolute Gasteiger partial charge is 0.348 e. The molecule has 0 radical (unpaired) electrons. The summed E-state index contributed by atoms with van der Waals surface area (Å²) in [6.45, 7) is 0.977. The Morgan fingerprint density at radius 3 is 2.86 bits per heavy atom. The number of rotatable bonds is 2. The van der Waals surface area contributed by atoms with Gasteiger partial charge in [0.1, 0.15) is 11.3 Å².